The molecule has 0 radical (unpaired) electrons. The molecule has 0 saturated heterocycles. The van der Waals surface area contributed by atoms with Crippen LogP contribution in [0.25, 0.3) is 0 Å². The zero-order chi connectivity index (χ0) is 11.7. The summed E-state index contributed by atoms with van der Waals surface area (Å²) in [5.41, 5.74) is 0.712. The lowest BCUT2D eigenvalue weighted by Gasteiger charge is -2.03. The highest BCUT2D eigenvalue weighted by Crippen LogP contribution is 2.22. The second-order valence-corrected chi connectivity index (χ2v) is 4.04. The molecule has 1 aromatic heterocycles. The van der Waals surface area contributed by atoms with Crippen molar-refractivity contribution in [2.24, 2.45) is 7.05 Å². The molecule has 82 valence electrons. The molecule has 0 N–H and O–H groups in total. The van der Waals surface area contributed by atoms with Crippen LogP contribution in [0.4, 0.5) is 0 Å². The van der Waals surface area contributed by atoms with E-state index in [9.17, 15) is 4.79 Å². The predicted molar refractivity (Wildman–Crippen MR) is 60.9 cm³/mol. The van der Waals surface area contributed by atoms with Gasteiger partial charge in [-0.3, -0.25) is 4.79 Å². The molecule has 2 aromatic rings. The van der Waals surface area contributed by atoms with Gasteiger partial charge in [0.1, 0.15) is 5.69 Å². The Morgan fingerprint density at radius 1 is 1.38 bits per heavy atom. The topological polar surface area (TPSA) is 47.8 Å². The van der Waals surface area contributed by atoms with Gasteiger partial charge in [-0.1, -0.05) is 28.4 Å². The third kappa shape index (κ3) is 1.94. The molecule has 0 aliphatic rings. The Kier molecular flexibility index (Phi) is 2.94. The van der Waals surface area contributed by atoms with Gasteiger partial charge in [0.15, 0.2) is 0 Å². The molecular weight excluding hydrogens is 249 g/mol. The molecule has 0 spiro atoms. The number of carbonyl (C=O) groups is 1. The Labute approximate surface area is 102 Å². The van der Waals surface area contributed by atoms with Crippen molar-refractivity contribution in [1.82, 2.24) is 15.0 Å². The number of aromatic nitrogens is 3. The lowest BCUT2D eigenvalue weighted by Crippen LogP contribution is -2.08. The van der Waals surface area contributed by atoms with Crippen LogP contribution in [0.2, 0.25) is 10.0 Å². The maximum atomic E-state index is 12.1. The molecule has 6 heteroatoms. The molecule has 0 unspecified atom stereocenters. The highest BCUT2D eigenvalue weighted by Gasteiger charge is 2.16. The summed E-state index contributed by atoms with van der Waals surface area (Å²) in [6, 6.07) is 4.74. The number of rotatable bonds is 2. The van der Waals surface area contributed by atoms with Crippen LogP contribution in [-0.4, -0.2) is 20.8 Å². The summed E-state index contributed by atoms with van der Waals surface area (Å²) < 4.78 is 1.39. The minimum Gasteiger partial charge on any atom is -0.287 e. The largest absolute Gasteiger partial charge is 0.287 e. The Morgan fingerprint density at radius 2 is 2.12 bits per heavy atom. The minimum absolute atomic E-state index is 0.250. The van der Waals surface area contributed by atoms with E-state index in [-0.39, 0.29) is 5.78 Å². The van der Waals surface area contributed by atoms with Gasteiger partial charge in [0, 0.05) is 17.6 Å². The summed E-state index contributed by atoms with van der Waals surface area (Å²) in [6.07, 6.45) is 1.39. The van der Waals surface area contributed by atoms with E-state index < -0.39 is 0 Å². The molecule has 0 fully saturated rings. The first-order valence-corrected chi connectivity index (χ1v) is 5.19. The number of nitrogens with zero attached hydrogens (tertiary/aromatic N) is 3. The third-order valence-electron chi connectivity index (χ3n) is 2.12. The lowest BCUT2D eigenvalue weighted by molar-refractivity contribution is 0.103. The molecule has 2 rings (SSSR count). The molecule has 0 amide bonds. The molecular formula is C10H7Cl2N3O. The van der Waals surface area contributed by atoms with E-state index in [4.69, 9.17) is 23.2 Å². The van der Waals surface area contributed by atoms with E-state index in [2.05, 4.69) is 10.3 Å². The fourth-order valence-corrected chi connectivity index (χ4v) is 1.68. The summed E-state index contributed by atoms with van der Waals surface area (Å²) in [7, 11) is 1.64. The van der Waals surface area contributed by atoms with E-state index in [1.54, 1.807) is 19.2 Å². The molecule has 1 aromatic carbocycles. The number of benzene rings is 1. The van der Waals surface area contributed by atoms with Crippen LogP contribution in [0.1, 0.15) is 16.1 Å². The van der Waals surface area contributed by atoms with Crippen molar-refractivity contribution in [1.29, 1.82) is 0 Å². The van der Waals surface area contributed by atoms with E-state index >= 15 is 0 Å². The van der Waals surface area contributed by atoms with Crippen LogP contribution < -0.4 is 0 Å². The Morgan fingerprint density at radius 3 is 2.75 bits per heavy atom. The maximum Gasteiger partial charge on any atom is 0.214 e. The number of hydrogen-bond acceptors (Lipinski definition) is 3. The molecule has 4 nitrogen and oxygen atoms in total. The first-order chi connectivity index (χ1) is 7.59. The van der Waals surface area contributed by atoms with Crippen molar-refractivity contribution >= 4 is 29.0 Å². The highest BCUT2D eigenvalue weighted by atomic mass is 35.5. The molecule has 0 saturated carbocycles. The fraction of sp³-hybridized carbons (Fsp3) is 0.100. The van der Waals surface area contributed by atoms with Gasteiger partial charge in [0.05, 0.1) is 11.2 Å². The van der Waals surface area contributed by atoms with Crippen LogP contribution in [0, 0.1) is 0 Å². The second-order valence-electron chi connectivity index (χ2n) is 3.20. The van der Waals surface area contributed by atoms with Crippen molar-refractivity contribution < 1.29 is 4.79 Å². The molecule has 16 heavy (non-hydrogen) atoms. The van der Waals surface area contributed by atoms with Gasteiger partial charge >= 0.3 is 0 Å². The smallest absolute Gasteiger partial charge is 0.214 e. The average molecular weight is 256 g/mol. The fourth-order valence-electron chi connectivity index (χ4n) is 1.30. The van der Waals surface area contributed by atoms with Gasteiger partial charge in [0.25, 0.3) is 0 Å². The minimum atomic E-state index is -0.250. The van der Waals surface area contributed by atoms with Crippen LogP contribution in [0.5, 0.6) is 0 Å². The van der Waals surface area contributed by atoms with Gasteiger partial charge in [-0.15, -0.1) is 5.10 Å². The Balaban J connectivity index is 2.49. The Bertz CT molecular complexity index is 551. The van der Waals surface area contributed by atoms with Gasteiger partial charge in [-0.25, -0.2) is 4.68 Å². The first-order valence-electron chi connectivity index (χ1n) is 4.44. The van der Waals surface area contributed by atoms with Crippen LogP contribution in [0.15, 0.2) is 24.4 Å². The quantitative estimate of drug-likeness (QED) is 0.775. The van der Waals surface area contributed by atoms with E-state index in [1.165, 1.54) is 16.9 Å². The number of hydrogen-bond donors (Lipinski definition) is 0. The SMILES string of the molecule is Cn1nncc1C(=O)c1cc(Cl)ccc1Cl. The number of aryl methyl sites for hydroxylation is 1. The molecule has 0 atom stereocenters. The number of halogens is 2. The van der Waals surface area contributed by atoms with Gasteiger partial charge in [-0.05, 0) is 18.2 Å². The van der Waals surface area contributed by atoms with Gasteiger partial charge < -0.3 is 0 Å². The van der Waals surface area contributed by atoms with E-state index in [0.717, 1.165) is 0 Å². The number of carbonyl (C=O) groups excluding carboxylic acids is 1. The maximum absolute atomic E-state index is 12.1. The Hall–Kier alpha value is -1.39. The first kappa shape index (κ1) is 11.1. The average Bonchev–Trinajstić information content (AvgIpc) is 2.67. The normalized spacial score (nSPS) is 10.4. The highest BCUT2D eigenvalue weighted by molar-refractivity contribution is 6.36. The standard InChI is InChI=1S/C10H7Cl2N3O/c1-15-9(5-13-14-15)10(16)7-4-6(11)2-3-8(7)12/h2-5H,1H3. The second kappa shape index (κ2) is 4.23. The van der Waals surface area contributed by atoms with Crippen molar-refractivity contribution in [3.8, 4) is 0 Å². The van der Waals surface area contributed by atoms with Gasteiger partial charge in [0.2, 0.25) is 5.78 Å². The van der Waals surface area contributed by atoms with E-state index in [1.807, 2.05) is 0 Å². The molecule has 0 aliphatic heterocycles. The van der Waals surface area contributed by atoms with E-state index in [0.29, 0.717) is 21.3 Å². The summed E-state index contributed by atoms with van der Waals surface area (Å²) >= 11 is 11.7. The zero-order valence-corrected chi connectivity index (χ0v) is 9.83. The van der Waals surface area contributed by atoms with Crippen LogP contribution in [-0.2, 0) is 7.05 Å². The summed E-state index contributed by atoms with van der Waals surface area (Å²) in [5.74, 6) is -0.250. The summed E-state index contributed by atoms with van der Waals surface area (Å²) in [4.78, 5) is 12.1. The third-order valence-corrected chi connectivity index (χ3v) is 2.68. The zero-order valence-electron chi connectivity index (χ0n) is 8.32. The van der Waals surface area contributed by atoms with Crippen molar-refractivity contribution in [2.75, 3.05) is 0 Å². The monoisotopic (exact) mass is 255 g/mol. The molecule has 0 aliphatic carbocycles. The van der Waals surface area contributed by atoms with Gasteiger partial charge in [-0.2, -0.15) is 0 Å². The molecule has 0 bridgehead atoms. The predicted octanol–water partition coefficient (Wildman–Crippen LogP) is 2.35. The van der Waals surface area contributed by atoms with Crippen molar-refractivity contribution in [2.45, 2.75) is 0 Å². The van der Waals surface area contributed by atoms with Crippen molar-refractivity contribution in [3.05, 3.63) is 45.7 Å². The van der Waals surface area contributed by atoms with Crippen molar-refractivity contribution in [3.63, 3.8) is 0 Å². The van der Waals surface area contributed by atoms with Crippen LogP contribution >= 0.6 is 23.2 Å². The molecule has 1 heterocycles. The van der Waals surface area contributed by atoms with Crippen LogP contribution in [0.3, 0.4) is 0 Å². The lowest BCUT2D eigenvalue weighted by atomic mass is 10.1. The number of ketones is 1. The summed E-state index contributed by atoms with van der Waals surface area (Å²) in [6.45, 7) is 0. The summed E-state index contributed by atoms with van der Waals surface area (Å²) in [5, 5.41) is 8.14.